The van der Waals surface area contributed by atoms with Crippen LogP contribution in [0.1, 0.15) is 59.3 Å². The number of hydrogen-bond acceptors (Lipinski definition) is 2. The predicted molar refractivity (Wildman–Crippen MR) is 69.6 cm³/mol. The Balaban J connectivity index is 2.48. The van der Waals surface area contributed by atoms with Crippen LogP contribution in [0.4, 0.5) is 0 Å². The lowest BCUT2D eigenvalue weighted by Gasteiger charge is -2.32. The summed E-state index contributed by atoms with van der Waals surface area (Å²) < 4.78 is 0. The van der Waals surface area contributed by atoms with Crippen LogP contribution in [-0.2, 0) is 0 Å². The molecule has 1 N–H and O–H groups in total. The van der Waals surface area contributed by atoms with Crippen molar-refractivity contribution >= 4 is 0 Å². The van der Waals surface area contributed by atoms with E-state index < -0.39 is 0 Å². The molecule has 3 unspecified atom stereocenters. The molecular formula is C14H29NO. The molecule has 1 rings (SSSR count). The molecule has 16 heavy (non-hydrogen) atoms. The maximum absolute atomic E-state index is 10.1. The number of aliphatic hydroxyl groups excluding tert-OH is 1. The third-order valence-electron chi connectivity index (χ3n) is 4.21. The van der Waals surface area contributed by atoms with E-state index in [1.165, 1.54) is 32.1 Å². The summed E-state index contributed by atoms with van der Waals surface area (Å²) in [6, 6.07) is 0.653. The highest BCUT2D eigenvalue weighted by Gasteiger charge is 2.24. The van der Waals surface area contributed by atoms with Crippen molar-refractivity contribution in [3.8, 4) is 0 Å². The van der Waals surface area contributed by atoms with Crippen LogP contribution in [0.3, 0.4) is 0 Å². The molecule has 2 nitrogen and oxygen atoms in total. The van der Waals surface area contributed by atoms with E-state index in [4.69, 9.17) is 0 Å². The summed E-state index contributed by atoms with van der Waals surface area (Å²) in [4.78, 5) is 2.53. The Hall–Kier alpha value is -0.0800. The van der Waals surface area contributed by atoms with Gasteiger partial charge in [0.15, 0.2) is 0 Å². The zero-order valence-electron chi connectivity index (χ0n) is 11.3. The molecule has 0 aliphatic heterocycles. The van der Waals surface area contributed by atoms with Gasteiger partial charge in [-0.1, -0.05) is 33.1 Å². The number of rotatable bonds is 5. The fraction of sp³-hybridized carbons (Fsp3) is 1.00. The Bertz CT molecular complexity index is 184. The van der Waals surface area contributed by atoms with Gasteiger partial charge in [0.25, 0.3) is 0 Å². The molecule has 3 atom stereocenters. The zero-order chi connectivity index (χ0) is 12.0. The van der Waals surface area contributed by atoms with Crippen LogP contribution < -0.4 is 0 Å². The van der Waals surface area contributed by atoms with E-state index in [-0.39, 0.29) is 6.10 Å². The molecule has 2 heteroatoms. The summed E-state index contributed by atoms with van der Waals surface area (Å²) in [5, 5.41) is 10.1. The molecule has 1 fully saturated rings. The highest BCUT2D eigenvalue weighted by molar-refractivity contribution is 4.77. The van der Waals surface area contributed by atoms with Crippen molar-refractivity contribution in [1.29, 1.82) is 0 Å². The average Bonchev–Trinajstić information content (AvgIpc) is 2.50. The lowest BCUT2D eigenvalue weighted by Crippen LogP contribution is -2.39. The molecule has 1 aliphatic rings. The summed E-state index contributed by atoms with van der Waals surface area (Å²) >= 11 is 0. The first-order valence-electron chi connectivity index (χ1n) is 7.11. The molecule has 0 aromatic carbocycles. The molecule has 0 aromatic rings. The average molecular weight is 227 g/mol. The standard InChI is InChI=1S/C14H29NO/c1-4-12(3)15(5-2)11-13-9-7-6-8-10-14(13)16/h12-14,16H,4-11H2,1-3H3. The summed E-state index contributed by atoms with van der Waals surface area (Å²) in [6.45, 7) is 8.98. The van der Waals surface area contributed by atoms with Crippen LogP contribution in [0.5, 0.6) is 0 Å². The molecule has 0 radical (unpaired) electrons. The minimum atomic E-state index is -0.0550. The Labute approximate surface area is 101 Å². The minimum Gasteiger partial charge on any atom is -0.393 e. The van der Waals surface area contributed by atoms with E-state index in [9.17, 15) is 5.11 Å². The Kier molecular flexibility index (Phi) is 6.37. The van der Waals surface area contributed by atoms with Crippen molar-refractivity contribution in [1.82, 2.24) is 4.90 Å². The van der Waals surface area contributed by atoms with Crippen LogP contribution in [-0.4, -0.2) is 35.2 Å². The van der Waals surface area contributed by atoms with Crippen molar-refractivity contribution < 1.29 is 5.11 Å². The van der Waals surface area contributed by atoms with Crippen LogP contribution in [0, 0.1) is 5.92 Å². The first-order chi connectivity index (χ1) is 7.69. The van der Waals surface area contributed by atoms with Crippen molar-refractivity contribution in [2.45, 2.75) is 71.4 Å². The van der Waals surface area contributed by atoms with Gasteiger partial charge in [-0.15, -0.1) is 0 Å². The lowest BCUT2D eigenvalue weighted by molar-refractivity contribution is 0.0637. The van der Waals surface area contributed by atoms with E-state index in [1.807, 2.05) is 0 Å². The normalized spacial score (nSPS) is 29.1. The van der Waals surface area contributed by atoms with E-state index in [0.29, 0.717) is 12.0 Å². The number of aliphatic hydroxyl groups is 1. The molecule has 0 amide bonds. The van der Waals surface area contributed by atoms with Gasteiger partial charge in [-0.25, -0.2) is 0 Å². The van der Waals surface area contributed by atoms with Gasteiger partial charge in [-0.05, 0) is 38.6 Å². The second-order valence-corrected chi connectivity index (χ2v) is 5.31. The number of hydrogen-bond donors (Lipinski definition) is 1. The Morgan fingerprint density at radius 1 is 1.19 bits per heavy atom. The minimum absolute atomic E-state index is 0.0550. The topological polar surface area (TPSA) is 23.5 Å². The summed E-state index contributed by atoms with van der Waals surface area (Å²) in [5.74, 6) is 0.511. The second kappa shape index (κ2) is 7.29. The van der Waals surface area contributed by atoms with E-state index in [2.05, 4.69) is 25.7 Å². The summed E-state index contributed by atoms with van der Waals surface area (Å²) in [6.07, 6.45) is 7.21. The molecule has 1 aliphatic carbocycles. The van der Waals surface area contributed by atoms with Crippen LogP contribution in [0.2, 0.25) is 0 Å². The molecule has 0 heterocycles. The van der Waals surface area contributed by atoms with Crippen molar-refractivity contribution in [3.05, 3.63) is 0 Å². The molecule has 0 spiro atoms. The smallest absolute Gasteiger partial charge is 0.0580 e. The summed E-state index contributed by atoms with van der Waals surface area (Å²) in [5.41, 5.74) is 0. The van der Waals surface area contributed by atoms with E-state index >= 15 is 0 Å². The zero-order valence-corrected chi connectivity index (χ0v) is 11.3. The van der Waals surface area contributed by atoms with Gasteiger partial charge in [0.2, 0.25) is 0 Å². The van der Waals surface area contributed by atoms with E-state index in [1.54, 1.807) is 0 Å². The van der Waals surface area contributed by atoms with Gasteiger partial charge in [-0.2, -0.15) is 0 Å². The van der Waals surface area contributed by atoms with Crippen LogP contribution in [0.15, 0.2) is 0 Å². The maximum Gasteiger partial charge on any atom is 0.0580 e. The maximum atomic E-state index is 10.1. The van der Waals surface area contributed by atoms with Gasteiger partial charge < -0.3 is 10.0 Å². The number of nitrogens with zero attached hydrogens (tertiary/aromatic N) is 1. The van der Waals surface area contributed by atoms with Crippen molar-refractivity contribution in [2.24, 2.45) is 5.92 Å². The molecule has 96 valence electrons. The monoisotopic (exact) mass is 227 g/mol. The molecular weight excluding hydrogens is 198 g/mol. The predicted octanol–water partition coefficient (Wildman–Crippen LogP) is 3.05. The molecule has 0 saturated heterocycles. The van der Waals surface area contributed by atoms with Gasteiger partial charge >= 0.3 is 0 Å². The van der Waals surface area contributed by atoms with Crippen LogP contribution in [0.25, 0.3) is 0 Å². The summed E-state index contributed by atoms with van der Waals surface area (Å²) in [7, 11) is 0. The van der Waals surface area contributed by atoms with Crippen molar-refractivity contribution in [3.63, 3.8) is 0 Å². The quantitative estimate of drug-likeness (QED) is 0.730. The highest BCUT2D eigenvalue weighted by Crippen LogP contribution is 2.25. The lowest BCUT2D eigenvalue weighted by atomic mass is 9.96. The molecule has 0 aromatic heterocycles. The van der Waals surface area contributed by atoms with Gasteiger partial charge in [0.05, 0.1) is 6.10 Å². The first-order valence-corrected chi connectivity index (χ1v) is 7.11. The van der Waals surface area contributed by atoms with Crippen molar-refractivity contribution in [2.75, 3.05) is 13.1 Å². The van der Waals surface area contributed by atoms with Crippen LogP contribution >= 0.6 is 0 Å². The van der Waals surface area contributed by atoms with Gasteiger partial charge in [-0.3, -0.25) is 0 Å². The molecule has 0 bridgehead atoms. The largest absolute Gasteiger partial charge is 0.393 e. The van der Waals surface area contributed by atoms with Gasteiger partial charge in [0.1, 0.15) is 0 Å². The third-order valence-corrected chi connectivity index (χ3v) is 4.21. The fourth-order valence-corrected chi connectivity index (χ4v) is 2.76. The highest BCUT2D eigenvalue weighted by atomic mass is 16.3. The Morgan fingerprint density at radius 3 is 2.50 bits per heavy atom. The molecule has 1 saturated carbocycles. The van der Waals surface area contributed by atoms with E-state index in [0.717, 1.165) is 19.5 Å². The van der Waals surface area contributed by atoms with Gasteiger partial charge in [0, 0.05) is 12.6 Å². The second-order valence-electron chi connectivity index (χ2n) is 5.31. The SMILES string of the molecule is CCC(C)N(CC)CC1CCCCCC1O. The third kappa shape index (κ3) is 4.06. The first kappa shape index (κ1) is 14.0. The fourth-order valence-electron chi connectivity index (χ4n) is 2.76. The Morgan fingerprint density at radius 2 is 1.88 bits per heavy atom.